The van der Waals surface area contributed by atoms with Crippen LogP contribution in [0.4, 0.5) is 0 Å². The summed E-state index contributed by atoms with van der Waals surface area (Å²) in [5, 5.41) is 10.5. The zero-order valence-electron chi connectivity index (χ0n) is 9.34. The molecule has 88 valence electrons. The van der Waals surface area contributed by atoms with Gasteiger partial charge in [-0.15, -0.1) is 0 Å². The van der Waals surface area contributed by atoms with Crippen LogP contribution in [0.2, 0.25) is 0 Å². The van der Waals surface area contributed by atoms with Gasteiger partial charge in [0.15, 0.2) is 0 Å². The normalized spacial score (nSPS) is 22.9. The van der Waals surface area contributed by atoms with Gasteiger partial charge in [0, 0.05) is 22.5 Å². The van der Waals surface area contributed by atoms with Crippen molar-refractivity contribution in [3.05, 3.63) is 35.9 Å². The van der Waals surface area contributed by atoms with Gasteiger partial charge in [-0.1, -0.05) is 30.3 Å². The summed E-state index contributed by atoms with van der Waals surface area (Å²) in [6.45, 7) is 0. The predicted octanol–water partition coefficient (Wildman–Crippen LogP) is 2.83. The molecule has 1 aromatic carbocycles. The van der Waals surface area contributed by atoms with E-state index in [0.29, 0.717) is 5.25 Å². The highest BCUT2D eigenvalue weighted by atomic mass is 32.2. The molecule has 1 N–H and O–H groups in total. The van der Waals surface area contributed by atoms with E-state index < -0.39 is 0 Å². The molecule has 2 atom stereocenters. The number of aliphatic hydroxyl groups is 1. The number of rotatable bonds is 4. The van der Waals surface area contributed by atoms with Crippen LogP contribution in [0, 0.1) is 0 Å². The van der Waals surface area contributed by atoms with Gasteiger partial charge in [-0.2, -0.15) is 23.5 Å². The maximum atomic E-state index is 10.1. The van der Waals surface area contributed by atoms with E-state index in [4.69, 9.17) is 0 Å². The fourth-order valence-electron chi connectivity index (χ4n) is 1.87. The molecule has 1 saturated heterocycles. The molecule has 0 saturated carbocycles. The quantitative estimate of drug-likeness (QED) is 0.892. The van der Waals surface area contributed by atoms with Gasteiger partial charge in [0.2, 0.25) is 0 Å². The Balaban J connectivity index is 1.76. The molecule has 3 heteroatoms. The minimum atomic E-state index is -0.141. The van der Waals surface area contributed by atoms with Crippen molar-refractivity contribution in [1.29, 1.82) is 0 Å². The SMILES string of the molecule is OC(CCc1ccccc1)C1CSCCS1. The van der Waals surface area contributed by atoms with E-state index in [0.717, 1.165) is 18.6 Å². The molecule has 1 heterocycles. The Kier molecular flexibility index (Phi) is 5.07. The van der Waals surface area contributed by atoms with Crippen LogP contribution in [0.5, 0.6) is 0 Å². The Morgan fingerprint density at radius 3 is 2.75 bits per heavy atom. The first-order valence-corrected chi connectivity index (χ1v) is 7.98. The molecule has 0 amide bonds. The largest absolute Gasteiger partial charge is 0.392 e. The highest BCUT2D eigenvalue weighted by Crippen LogP contribution is 2.28. The van der Waals surface area contributed by atoms with E-state index in [1.165, 1.54) is 17.1 Å². The summed E-state index contributed by atoms with van der Waals surface area (Å²) in [6.07, 6.45) is 1.74. The number of thioether (sulfide) groups is 2. The van der Waals surface area contributed by atoms with E-state index in [-0.39, 0.29) is 6.10 Å². The van der Waals surface area contributed by atoms with Crippen molar-refractivity contribution in [2.45, 2.75) is 24.2 Å². The molecule has 0 radical (unpaired) electrons. The van der Waals surface area contributed by atoms with Crippen molar-refractivity contribution in [3.63, 3.8) is 0 Å². The second kappa shape index (κ2) is 6.58. The van der Waals surface area contributed by atoms with Gasteiger partial charge in [-0.25, -0.2) is 0 Å². The van der Waals surface area contributed by atoms with Crippen molar-refractivity contribution in [2.24, 2.45) is 0 Å². The number of hydrogen-bond acceptors (Lipinski definition) is 3. The fourth-order valence-corrected chi connectivity index (χ4v) is 4.69. The molecular formula is C13H18OS2. The van der Waals surface area contributed by atoms with Crippen molar-refractivity contribution in [2.75, 3.05) is 17.3 Å². The highest BCUT2D eigenvalue weighted by Gasteiger charge is 2.22. The minimum Gasteiger partial charge on any atom is -0.392 e. The number of benzene rings is 1. The average Bonchev–Trinajstić information content (AvgIpc) is 2.38. The van der Waals surface area contributed by atoms with Gasteiger partial charge in [0.05, 0.1) is 6.10 Å². The lowest BCUT2D eigenvalue weighted by Gasteiger charge is -2.25. The monoisotopic (exact) mass is 254 g/mol. The summed E-state index contributed by atoms with van der Waals surface area (Å²) in [5.74, 6) is 3.55. The zero-order valence-corrected chi connectivity index (χ0v) is 11.0. The van der Waals surface area contributed by atoms with Gasteiger partial charge in [-0.05, 0) is 18.4 Å². The molecule has 0 bridgehead atoms. The Hall–Kier alpha value is -0.120. The van der Waals surface area contributed by atoms with Gasteiger partial charge >= 0.3 is 0 Å². The third-order valence-electron chi connectivity index (χ3n) is 2.84. The molecular weight excluding hydrogens is 236 g/mol. The Morgan fingerprint density at radius 1 is 1.25 bits per heavy atom. The lowest BCUT2D eigenvalue weighted by atomic mass is 10.1. The van der Waals surface area contributed by atoms with Crippen LogP contribution in [-0.4, -0.2) is 33.7 Å². The highest BCUT2D eigenvalue weighted by molar-refractivity contribution is 8.06. The molecule has 1 aromatic rings. The summed E-state index contributed by atoms with van der Waals surface area (Å²) < 4.78 is 0. The number of aryl methyl sites for hydroxylation is 1. The van der Waals surface area contributed by atoms with Crippen molar-refractivity contribution < 1.29 is 5.11 Å². The third-order valence-corrected chi connectivity index (χ3v) is 5.75. The summed E-state index contributed by atoms with van der Waals surface area (Å²) in [6, 6.07) is 10.4. The van der Waals surface area contributed by atoms with Crippen LogP contribution >= 0.6 is 23.5 Å². The van der Waals surface area contributed by atoms with Crippen LogP contribution < -0.4 is 0 Å². The first-order valence-electron chi connectivity index (χ1n) is 5.77. The minimum absolute atomic E-state index is 0.141. The van der Waals surface area contributed by atoms with Gasteiger partial charge < -0.3 is 5.11 Å². The molecule has 0 aromatic heterocycles. The topological polar surface area (TPSA) is 20.2 Å². The van der Waals surface area contributed by atoms with Crippen molar-refractivity contribution in [3.8, 4) is 0 Å². The predicted molar refractivity (Wildman–Crippen MR) is 74.3 cm³/mol. The average molecular weight is 254 g/mol. The van der Waals surface area contributed by atoms with E-state index >= 15 is 0 Å². The van der Waals surface area contributed by atoms with Crippen LogP contribution in [0.15, 0.2) is 30.3 Å². The van der Waals surface area contributed by atoms with E-state index in [9.17, 15) is 5.11 Å². The van der Waals surface area contributed by atoms with Crippen LogP contribution in [-0.2, 0) is 6.42 Å². The second-order valence-electron chi connectivity index (χ2n) is 4.08. The maximum absolute atomic E-state index is 10.1. The standard InChI is InChI=1S/C13H18OS2/c14-12(13-10-15-8-9-16-13)7-6-11-4-2-1-3-5-11/h1-5,12-14H,6-10H2. The third kappa shape index (κ3) is 3.72. The molecule has 1 nitrogen and oxygen atoms in total. The first kappa shape index (κ1) is 12.3. The molecule has 2 unspecified atom stereocenters. The number of hydrogen-bond donors (Lipinski definition) is 1. The summed E-state index contributed by atoms with van der Waals surface area (Å²) in [4.78, 5) is 0. The first-order chi connectivity index (χ1) is 7.86. The molecule has 1 aliphatic heterocycles. The number of aliphatic hydroxyl groups excluding tert-OH is 1. The fraction of sp³-hybridized carbons (Fsp3) is 0.538. The second-order valence-corrected chi connectivity index (χ2v) is 6.57. The molecule has 2 rings (SSSR count). The van der Waals surface area contributed by atoms with Crippen LogP contribution in [0.3, 0.4) is 0 Å². The molecule has 16 heavy (non-hydrogen) atoms. The van der Waals surface area contributed by atoms with Gasteiger partial charge in [0.25, 0.3) is 0 Å². The lowest BCUT2D eigenvalue weighted by Crippen LogP contribution is -2.29. The zero-order chi connectivity index (χ0) is 11.2. The van der Waals surface area contributed by atoms with Gasteiger partial charge in [0.1, 0.15) is 0 Å². The molecule has 0 aliphatic carbocycles. The molecule has 1 fully saturated rings. The van der Waals surface area contributed by atoms with Crippen LogP contribution in [0.25, 0.3) is 0 Å². The van der Waals surface area contributed by atoms with Crippen molar-refractivity contribution in [1.82, 2.24) is 0 Å². The van der Waals surface area contributed by atoms with E-state index in [1.54, 1.807) is 0 Å². The summed E-state index contributed by atoms with van der Waals surface area (Å²) >= 11 is 3.91. The summed E-state index contributed by atoms with van der Waals surface area (Å²) in [5.41, 5.74) is 1.33. The summed E-state index contributed by atoms with van der Waals surface area (Å²) in [7, 11) is 0. The van der Waals surface area contributed by atoms with E-state index in [2.05, 4.69) is 24.3 Å². The lowest BCUT2D eigenvalue weighted by molar-refractivity contribution is 0.167. The molecule has 1 aliphatic rings. The Morgan fingerprint density at radius 2 is 2.06 bits per heavy atom. The maximum Gasteiger partial charge on any atom is 0.0670 e. The van der Waals surface area contributed by atoms with Crippen molar-refractivity contribution >= 4 is 23.5 Å². The smallest absolute Gasteiger partial charge is 0.0670 e. The van der Waals surface area contributed by atoms with Gasteiger partial charge in [-0.3, -0.25) is 0 Å². The Bertz CT molecular complexity index is 296. The molecule has 0 spiro atoms. The Labute approximate surface area is 106 Å². The van der Waals surface area contributed by atoms with Crippen LogP contribution in [0.1, 0.15) is 12.0 Å². The van der Waals surface area contributed by atoms with E-state index in [1.807, 2.05) is 29.6 Å².